The summed E-state index contributed by atoms with van der Waals surface area (Å²) in [6.45, 7) is 0.592. The van der Waals surface area contributed by atoms with Crippen molar-refractivity contribution in [3.63, 3.8) is 0 Å². The second-order valence-corrected chi connectivity index (χ2v) is 4.81. The van der Waals surface area contributed by atoms with Crippen molar-refractivity contribution in [2.45, 2.75) is 12.8 Å². The van der Waals surface area contributed by atoms with Crippen LogP contribution in [0.5, 0.6) is 0 Å². The summed E-state index contributed by atoms with van der Waals surface area (Å²) in [6.07, 6.45) is 2.31. The van der Waals surface area contributed by atoms with E-state index in [2.05, 4.69) is 10.6 Å². The minimum Gasteiger partial charge on any atom is -0.478 e. The highest BCUT2D eigenvalue weighted by Crippen LogP contribution is 2.27. The summed E-state index contributed by atoms with van der Waals surface area (Å²) in [6, 6.07) is 5.54. The molecule has 2 rings (SSSR count). The predicted molar refractivity (Wildman–Crippen MR) is 71.5 cm³/mol. The minimum absolute atomic E-state index is 0.0771. The van der Waals surface area contributed by atoms with Crippen LogP contribution < -0.4 is 10.6 Å². The lowest BCUT2D eigenvalue weighted by molar-refractivity contribution is -0.120. The Labute approximate surface area is 116 Å². The zero-order valence-electron chi connectivity index (χ0n) is 10.9. The van der Waals surface area contributed by atoms with Crippen molar-refractivity contribution in [1.82, 2.24) is 10.6 Å². The zero-order valence-corrected chi connectivity index (χ0v) is 10.9. The molecule has 6 nitrogen and oxygen atoms in total. The van der Waals surface area contributed by atoms with Gasteiger partial charge in [0.25, 0.3) is 5.91 Å². The van der Waals surface area contributed by atoms with Crippen LogP contribution in [0.2, 0.25) is 0 Å². The minimum atomic E-state index is -1.04. The Bertz CT molecular complexity index is 520. The molecule has 1 fully saturated rings. The molecule has 106 valence electrons. The SMILES string of the molecule is O=C(CNC(=O)c1ccc(C(=O)O)cc1)NCC1CC1. The first-order valence-electron chi connectivity index (χ1n) is 6.44. The third-order valence-corrected chi connectivity index (χ3v) is 3.09. The number of nitrogens with one attached hydrogen (secondary N) is 2. The summed E-state index contributed by atoms with van der Waals surface area (Å²) in [5.41, 5.74) is 0.439. The average molecular weight is 276 g/mol. The van der Waals surface area contributed by atoms with Gasteiger partial charge in [0.15, 0.2) is 0 Å². The molecule has 6 heteroatoms. The molecule has 0 spiro atoms. The number of hydrogen-bond donors (Lipinski definition) is 3. The molecule has 1 aliphatic carbocycles. The van der Waals surface area contributed by atoms with Crippen LogP contribution in [0.1, 0.15) is 33.6 Å². The van der Waals surface area contributed by atoms with Crippen molar-refractivity contribution >= 4 is 17.8 Å². The first-order valence-corrected chi connectivity index (χ1v) is 6.44. The Hall–Kier alpha value is -2.37. The van der Waals surface area contributed by atoms with Crippen molar-refractivity contribution < 1.29 is 19.5 Å². The van der Waals surface area contributed by atoms with Gasteiger partial charge in [-0.3, -0.25) is 9.59 Å². The summed E-state index contributed by atoms with van der Waals surface area (Å²) >= 11 is 0. The predicted octanol–water partition coefficient (Wildman–Crippen LogP) is 0.641. The molecule has 3 N–H and O–H groups in total. The maximum atomic E-state index is 11.7. The molecule has 0 heterocycles. The molecular formula is C14H16N2O4. The molecule has 0 atom stereocenters. The van der Waals surface area contributed by atoms with Gasteiger partial charge in [-0.2, -0.15) is 0 Å². The van der Waals surface area contributed by atoms with Gasteiger partial charge in [0.1, 0.15) is 0 Å². The molecule has 2 amide bonds. The van der Waals surface area contributed by atoms with E-state index < -0.39 is 11.9 Å². The number of carboxylic acid groups (broad SMARTS) is 1. The summed E-state index contributed by atoms with van der Waals surface area (Å²) in [5.74, 6) is -1.06. The normalized spacial score (nSPS) is 13.6. The molecule has 0 radical (unpaired) electrons. The van der Waals surface area contributed by atoms with Crippen LogP contribution in [0.15, 0.2) is 24.3 Å². The topological polar surface area (TPSA) is 95.5 Å². The molecule has 1 saturated carbocycles. The van der Waals surface area contributed by atoms with Crippen molar-refractivity contribution in [3.05, 3.63) is 35.4 Å². The van der Waals surface area contributed by atoms with E-state index in [1.165, 1.54) is 24.3 Å². The van der Waals surface area contributed by atoms with Gasteiger partial charge in [-0.15, -0.1) is 0 Å². The first kappa shape index (κ1) is 14.0. The maximum absolute atomic E-state index is 11.7. The van der Waals surface area contributed by atoms with Crippen molar-refractivity contribution in [2.24, 2.45) is 5.92 Å². The maximum Gasteiger partial charge on any atom is 0.335 e. The number of benzene rings is 1. The van der Waals surface area contributed by atoms with E-state index in [1.54, 1.807) is 0 Å². The number of aromatic carboxylic acids is 1. The van der Waals surface area contributed by atoms with Gasteiger partial charge in [-0.1, -0.05) is 0 Å². The standard InChI is InChI=1S/C14H16N2O4/c17-12(15-7-9-1-2-9)8-16-13(18)10-3-5-11(6-4-10)14(19)20/h3-6,9H,1-2,7-8H2,(H,15,17)(H,16,18)(H,19,20). The molecule has 0 aliphatic heterocycles. The molecule has 1 aliphatic rings. The van der Waals surface area contributed by atoms with E-state index in [4.69, 9.17) is 5.11 Å². The fourth-order valence-corrected chi connectivity index (χ4v) is 1.67. The number of rotatable bonds is 6. The van der Waals surface area contributed by atoms with E-state index in [9.17, 15) is 14.4 Å². The van der Waals surface area contributed by atoms with Gasteiger partial charge in [-0.25, -0.2) is 4.79 Å². The van der Waals surface area contributed by atoms with Crippen LogP contribution in [0.25, 0.3) is 0 Å². The zero-order chi connectivity index (χ0) is 14.5. The third kappa shape index (κ3) is 4.08. The number of carbonyl (C=O) groups excluding carboxylic acids is 2. The molecule has 0 saturated heterocycles. The van der Waals surface area contributed by atoms with E-state index in [0.29, 0.717) is 18.0 Å². The number of carboxylic acids is 1. The Morgan fingerprint density at radius 2 is 1.65 bits per heavy atom. The van der Waals surface area contributed by atoms with Gasteiger partial charge in [-0.05, 0) is 43.0 Å². The summed E-state index contributed by atoms with van der Waals surface area (Å²) < 4.78 is 0. The van der Waals surface area contributed by atoms with Crippen molar-refractivity contribution in [1.29, 1.82) is 0 Å². The highest BCUT2D eigenvalue weighted by molar-refractivity contribution is 5.97. The van der Waals surface area contributed by atoms with Gasteiger partial charge in [0, 0.05) is 12.1 Å². The lowest BCUT2D eigenvalue weighted by Crippen LogP contribution is -2.37. The van der Waals surface area contributed by atoms with E-state index in [1.807, 2.05) is 0 Å². The molecule has 0 aromatic heterocycles. The molecule has 0 unspecified atom stereocenters. The lowest BCUT2D eigenvalue weighted by atomic mass is 10.1. The van der Waals surface area contributed by atoms with Gasteiger partial charge < -0.3 is 15.7 Å². The molecule has 1 aromatic carbocycles. The highest BCUT2D eigenvalue weighted by atomic mass is 16.4. The van der Waals surface area contributed by atoms with E-state index in [0.717, 1.165) is 12.8 Å². The van der Waals surface area contributed by atoms with Crippen molar-refractivity contribution in [2.75, 3.05) is 13.1 Å². The Balaban J connectivity index is 1.78. The van der Waals surface area contributed by atoms with E-state index in [-0.39, 0.29) is 18.0 Å². The van der Waals surface area contributed by atoms with Gasteiger partial charge in [0.05, 0.1) is 12.1 Å². The number of carbonyl (C=O) groups is 3. The van der Waals surface area contributed by atoms with Crippen LogP contribution >= 0.6 is 0 Å². The molecular weight excluding hydrogens is 260 g/mol. The summed E-state index contributed by atoms with van der Waals surface area (Å²) in [4.78, 5) is 33.9. The van der Waals surface area contributed by atoms with E-state index >= 15 is 0 Å². The lowest BCUT2D eigenvalue weighted by Gasteiger charge is -2.06. The second-order valence-electron chi connectivity index (χ2n) is 4.81. The van der Waals surface area contributed by atoms with Crippen LogP contribution in [0.3, 0.4) is 0 Å². The van der Waals surface area contributed by atoms with Gasteiger partial charge in [0.2, 0.25) is 5.91 Å². The number of amides is 2. The highest BCUT2D eigenvalue weighted by Gasteiger charge is 2.21. The fourth-order valence-electron chi connectivity index (χ4n) is 1.67. The molecule has 1 aromatic rings. The van der Waals surface area contributed by atoms with Crippen LogP contribution in [-0.2, 0) is 4.79 Å². The monoisotopic (exact) mass is 276 g/mol. The van der Waals surface area contributed by atoms with Crippen LogP contribution in [0, 0.1) is 5.92 Å². The van der Waals surface area contributed by atoms with Crippen LogP contribution in [0.4, 0.5) is 0 Å². The summed E-state index contributed by atoms with van der Waals surface area (Å²) in [7, 11) is 0. The molecule has 0 bridgehead atoms. The largest absolute Gasteiger partial charge is 0.478 e. The second kappa shape index (κ2) is 6.18. The van der Waals surface area contributed by atoms with Crippen molar-refractivity contribution in [3.8, 4) is 0 Å². The summed E-state index contributed by atoms with van der Waals surface area (Å²) in [5, 5.41) is 14.0. The first-order chi connectivity index (χ1) is 9.56. The smallest absolute Gasteiger partial charge is 0.335 e. The Morgan fingerprint density at radius 3 is 2.20 bits per heavy atom. The Kier molecular flexibility index (Phi) is 4.34. The fraction of sp³-hybridized carbons (Fsp3) is 0.357. The Morgan fingerprint density at radius 1 is 1.05 bits per heavy atom. The third-order valence-electron chi connectivity index (χ3n) is 3.09. The average Bonchev–Trinajstić information content (AvgIpc) is 3.26. The number of hydrogen-bond acceptors (Lipinski definition) is 3. The quantitative estimate of drug-likeness (QED) is 0.710. The van der Waals surface area contributed by atoms with Gasteiger partial charge >= 0.3 is 5.97 Å². The molecule has 20 heavy (non-hydrogen) atoms. The van der Waals surface area contributed by atoms with Crippen LogP contribution in [-0.4, -0.2) is 36.0 Å².